The summed E-state index contributed by atoms with van der Waals surface area (Å²) in [6, 6.07) is 4.32. The smallest absolute Gasteiger partial charge is 0.419 e. The summed E-state index contributed by atoms with van der Waals surface area (Å²) in [4.78, 5) is 22.6. The predicted octanol–water partition coefficient (Wildman–Crippen LogP) is 1.24. The molecule has 1 unspecified atom stereocenters. The van der Waals surface area contributed by atoms with Crippen molar-refractivity contribution in [3.05, 3.63) is 34.3 Å². The van der Waals surface area contributed by atoms with Crippen molar-refractivity contribution in [2.45, 2.75) is 19.9 Å². The van der Waals surface area contributed by atoms with Crippen LogP contribution < -0.4 is 11.5 Å². The van der Waals surface area contributed by atoms with Gasteiger partial charge in [-0.05, 0) is 31.5 Å². The molecular formula is C13H16N2O4. The van der Waals surface area contributed by atoms with E-state index in [2.05, 4.69) is 0 Å². The van der Waals surface area contributed by atoms with Crippen LogP contribution in [0.5, 0.6) is 0 Å². The Balaban J connectivity index is 2.55. The largest absolute Gasteiger partial charge is 0.481 e. The van der Waals surface area contributed by atoms with Crippen molar-refractivity contribution in [3.8, 4) is 0 Å². The van der Waals surface area contributed by atoms with E-state index < -0.39 is 23.2 Å². The van der Waals surface area contributed by atoms with Crippen LogP contribution in [-0.2, 0) is 11.8 Å². The summed E-state index contributed by atoms with van der Waals surface area (Å²) in [6.07, 6.45) is 0. The third-order valence-corrected chi connectivity index (χ3v) is 3.50. The number of aromatic nitrogens is 1. The van der Waals surface area contributed by atoms with Crippen LogP contribution in [0.25, 0.3) is 11.1 Å². The minimum Gasteiger partial charge on any atom is -0.481 e. The van der Waals surface area contributed by atoms with Gasteiger partial charge in [0.1, 0.15) is 0 Å². The molecule has 0 amide bonds. The number of fused-ring (bicyclic) bond motifs is 1. The fourth-order valence-electron chi connectivity index (χ4n) is 1.89. The molecule has 1 atom stereocenters. The number of carbonyl (C=O) groups is 1. The number of nitrogens with zero attached hydrogens (tertiary/aromatic N) is 1. The molecular weight excluding hydrogens is 248 g/mol. The Labute approximate surface area is 109 Å². The Hall–Kier alpha value is -2.08. The summed E-state index contributed by atoms with van der Waals surface area (Å²) in [6.45, 7) is 3.14. The van der Waals surface area contributed by atoms with Gasteiger partial charge in [-0.3, -0.25) is 9.36 Å². The monoisotopic (exact) mass is 264 g/mol. The van der Waals surface area contributed by atoms with Crippen molar-refractivity contribution in [2.75, 3.05) is 0 Å². The first kappa shape index (κ1) is 13.4. The second-order valence-corrected chi connectivity index (χ2v) is 5.16. The maximum absolute atomic E-state index is 11.4. The van der Waals surface area contributed by atoms with Crippen molar-refractivity contribution >= 4 is 17.1 Å². The quantitative estimate of drug-likeness (QED) is 0.869. The van der Waals surface area contributed by atoms with E-state index in [0.717, 1.165) is 0 Å². The number of carboxylic acid groups (broad SMARTS) is 1. The highest BCUT2D eigenvalue weighted by Gasteiger charge is 2.35. The van der Waals surface area contributed by atoms with Gasteiger partial charge in [0.05, 0.1) is 10.9 Å². The van der Waals surface area contributed by atoms with E-state index in [9.17, 15) is 14.7 Å². The lowest BCUT2D eigenvalue weighted by molar-refractivity contribution is -0.148. The van der Waals surface area contributed by atoms with Crippen molar-refractivity contribution in [3.63, 3.8) is 0 Å². The Bertz CT molecular complexity index is 696. The molecule has 0 saturated heterocycles. The Kier molecular flexibility index (Phi) is 2.98. The van der Waals surface area contributed by atoms with Crippen LogP contribution >= 0.6 is 0 Å². The molecule has 0 aliphatic carbocycles. The molecule has 0 fully saturated rings. The van der Waals surface area contributed by atoms with Crippen LogP contribution in [0.3, 0.4) is 0 Å². The number of aryl methyl sites for hydroxylation is 1. The third kappa shape index (κ3) is 2.04. The zero-order valence-electron chi connectivity index (χ0n) is 11.0. The van der Waals surface area contributed by atoms with Gasteiger partial charge in [0, 0.05) is 13.1 Å². The third-order valence-electron chi connectivity index (χ3n) is 3.50. The second kappa shape index (κ2) is 4.24. The van der Waals surface area contributed by atoms with Gasteiger partial charge in [-0.25, -0.2) is 4.79 Å². The summed E-state index contributed by atoms with van der Waals surface area (Å²) in [5.74, 6) is -1.43. The SMILES string of the molecule is Cn1c(=O)oc2ccc(C(N)C(C)(C)C(=O)O)cc21. The summed E-state index contributed by atoms with van der Waals surface area (Å²) in [5, 5.41) is 9.19. The molecule has 2 rings (SSSR count). The lowest BCUT2D eigenvalue weighted by atomic mass is 9.81. The van der Waals surface area contributed by atoms with Crippen molar-refractivity contribution < 1.29 is 14.3 Å². The molecule has 1 heterocycles. The summed E-state index contributed by atoms with van der Waals surface area (Å²) in [7, 11) is 1.59. The molecule has 1 aromatic carbocycles. The topological polar surface area (TPSA) is 98.5 Å². The molecule has 0 bridgehead atoms. The Morgan fingerprint density at radius 2 is 2.11 bits per heavy atom. The first-order valence-electron chi connectivity index (χ1n) is 5.83. The number of benzene rings is 1. The van der Waals surface area contributed by atoms with Gasteiger partial charge >= 0.3 is 11.7 Å². The number of oxazole rings is 1. The molecule has 0 aliphatic heterocycles. The molecule has 6 nitrogen and oxygen atoms in total. The van der Waals surface area contributed by atoms with Crippen LogP contribution in [0.15, 0.2) is 27.4 Å². The molecule has 0 saturated carbocycles. The first-order valence-corrected chi connectivity index (χ1v) is 5.83. The van der Waals surface area contributed by atoms with Crippen LogP contribution in [0, 0.1) is 5.41 Å². The van der Waals surface area contributed by atoms with Crippen LogP contribution in [0.4, 0.5) is 0 Å². The molecule has 6 heteroatoms. The van der Waals surface area contributed by atoms with E-state index in [4.69, 9.17) is 10.2 Å². The molecule has 3 N–H and O–H groups in total. The van der Waals surface area contributed by atoms with E-state index in [1.807, 2.05) is 0 Å². The molecule has 19 heavy (non-hydrogen) atoms. The molecule has 2 aromatic rings. The standard InChI is InChI=1S/C13H16N2O4/c1-13(2,11(16)17)10(14)7-4-5-9-8(6-7)15(3)12(18)19-9/h4-6,10H,14H2,1-3H3,(H,16,17). The van der Waals surface area contributed by atoms with E-state index in [1.165, 1.54) is 4.57 Å². The first-order chi connectivity index (χ1) is 8.75. The predicted molar refractivity (Wildman–Crippen MR) is 69.8 cm³/mol. The lowest BCUT2D eigenvalue weighted by Crippen LogP contribution is -2.36. The van der Waals surface area contributed by atoms with Crippen LogP contribution in [0.2, 0.25) is 0 Å². The minimum absolute atomic E-state index is 0.455. The van der Waals surface area contributed by atoms with E-state index in [1.54, 1.807) is 39.1 Å². The summed E-state index contributed by atoms with van der Waals surface area (Å²) < 4.78 is 6.38. The normalized spacial score (nSPS) is 13.7. The maximum atomic E-state index is 11.4. The van der Waals surface area contributed by atoms with Crippen molar-refractivity contribution in [2.24, 2.45) is 18.2 Å². The maximum Gasteiger partial charge on any atom is 0.419 e. The number of aliphatic carboxylic acids is 1. The molecule has 1 aromatic heterocycles. The average Bonchev–Trinajstić information content (AvgIpc) is 2.63. The highest BCUT2D eigenvalue weighted by Crippen LogP contribution is 2.32. The molecule has 0 aliphatic rings. The summed E-state index contributed by atoms with van der Waals surface area (Å²) in [5.41, 5.74) is 6.62. The van der Waals surface area contributed by atoms with E-state index >= 15 is 0 Å². The number of hydrogen-bond donors (Lipinski definition) is 2. The van der Waals surface area contributed by atoms with Gasteiger partial charge in [0.25, 0.3) is 0 Å². The fourth-order valence-corrected chi connectivity index (χ4v) is 1.89. The van der Waals surface area contributed by atoms with Gasteiger partial charge in [-0.1, -0.05) is 6.07 Å². The van der Waals surface area contributed by atoms with E-state index in [-0.39, 0.29) is 0 Å². The van der Waals surface area contributed by atoms with Gasteiger partial charge in [0.2, 0.25) is 0 Å². The van der Waals surface area contributed by atoms with Crippen LogP contribution in [-0.4, -0.2) is 15.6 Å². The number of hydrogen-bond acceptors (Lipinski definition) is 4. The molecule has 102 valence electrons. The summed E-state index contributed by atoms with van der Waals surface area (Å²) >= 11 is 0. The Morgan fingerprint density at radius 1 is 1.47 bits per heavy atom. The number of carboxylic acids is 1. The zero-order chi connectivity index (χ0) is 14.4. The minimum atomic E-state index is -1.10. The van der Waals surface area contributed by atoms with Gasteiger partial charge < -0.3 is 15.3 Å². The van der Waals surface area contributed by atoms with Gasteiger partial charge in [0.15, 0.2) is 5.58 Å². The number of rotatable bonds is 3. The van der Waals surface area contributed by atoms with Crippen LogP contribution in [0.1, 0.15) is 25.5 Å². The average molecular weight is 264 g/mol. The molecule has 0 radical (unpaired) electrons. The van der Waals surface area contributed by atoms with Gasteiger partial charge in [-0.15, -0.1) is 0 Å². The van der Waals surface area contributed by atoms with E-state index in [0.29, 0.717) is 16.7 Å². The van der Waals surface area contributed by atoms with Crippen molar-refractivity contribution in [1.29, 1.82) is 0 Å². The van der Waals surface area contributed by atoms with Crippen molar-refractivity contribution in [1.82, 2.24) is 4.57 Å². The lowest BCUT2D eigenvalue weighted by Gasteiger charge is -2.27. The Morgan fingerprint density at radius 3 is 2.68 bits per heavy atom. The zero-order valence-corrected chi connectivity index (χ0v) is 11.0. The molecule has 0 spiro atoms. The highest BCUT2D eigenvalue weighted by atomic mass is 16.4. The second-order valence-electron chi connectivity index (χ2n) is 5.16. The fraction of sp³-hybridized carbons (Fsp3) is 0.385. The number of nitrogens with two attached hydrogens (primary N) is 1. The highest BCUT2D eigenvalue weighted by molar-refractivity contribution is 5.77. The van der Waals surface area contributed by atoms with Gasteiger partial charge in [-0.2, -0.15) is 0 Å².